The molecule has 0 aromatic heterocycles. The van der Waals surface area contributed by atoms with Crippen LogP contribution in [0.1, 0.15) is 36.8 Å². The van der Waals surface area contributed by atoms with Crippen LogP contribution in [-0.4, -0.2) is 62.8 Å². The first-order chi connectivity index (χ1) is 17.0. The molecule has 2 aromatic carbocycles. The van der Waals surface area contributed by atoms with Gasteiger partial charge in [-0.15, -0.1) is 0 Å². The van der Waals surface area contributed by atoms with E-state index in [0.717, 1.165) is 44.4 Å². The number of urea groups is 1. The normalized spacial score (nSPS) is 24.2. The molecule has 1 saturated heterocycles. The average molecular weight is 526 g/mol. The van der Waals surface area contributed by atoms with E-state index in [-0.39, 0.29) is 23.2 Å². The van der Waals surface area contributed by atoms with Gasteiger partial charge in [-0.05, 0) is 75.2 Å². The number of amides is 2. The number of likely N-dealkylation sites (tertiary alicyclic amines) is 1. The number of alkyl halides is 3. The van der Waals surface area contributed by atoms with Gasteiger partial charge >= 0.3 is 12.2 Å². The van der Waals surface area contributed by atoms with Crippen molar-refractivity contribution in [2.75, 3.05) is 40.2 Å². The lowest BCUT2D eigenvalue weighted by molar-refractivity contribution is -0.137. The van der Waals surface area contributed by atoms with Crippen LogP contribution in [0, 0.1) is 0 Å². The monoisotopic (exact) mass is 525 g/mol. The van der Waals surface area contributed by atoms with Crippen LogP contribution in [0.25, 0.3) is 0 Å². The van der Waals surface area contributed by atoms with Crippen molar-refractivity contribution in [2.45, 2.75) is 49.4 Å². The number of ether oxygens (including phenoxy) is 2. The Kier molecular flexibility index (Phi) is 7.35. The first-order valence-electron chi connectivity index (χ1n) is 11.8. The Morgan fingerprint density at radius 3 is 2.53 bits per heavy atom. The summed E-state index contributed by atoms with van der Waals surface area (Å²) in [5, 5.41) is 2.20. The molecular formula is C26H31ClF3N3O3. The van der Waals surface area contributed by atoms with Crippen LogP contribution in [0.5, 0.6) is 11.5 Å². The van der Waals surface area contributed by atoms with Crippen LogP contribution in [0.4, 0.5) is 23.7 Å². The molecule has 6 nitrogen and oxygen atoms in total. The van der Waals surface area contributed by atoms with Gasteiger partial charge in [-0.25, -0.2) is 4.79 Å². The molecule has 4 rings (SSSR count). The summed E-state index contributed by atoms with van der Waals surface area (Å²) in [6.07, 6.45) is -1.20. The van der Waals surface area contributed by atoms with Crippen LogP contribution in [0.15, 0.2) is 36.4 Å². The predicted molar refractivity (Wildman–Crippen MR) is 133 cm³/mol. The summed E-state index contributed by atoms with van der Waals surface area (Å²) in [4.78, 5) is 16.9. The van der Waals surface area contributed by atoms with Gasteiger partial charge in [-0.3, -0.25) is 0 Å². The molecule has 1 aliphatic heterocycles. The molecule has 1 heterocycles. The molecule has 2 amide bonds. The maximum absolute atomic E-state index is 13.2. The van der Waals surface area contributed by atoms with E-state index in [0.29, 0.717) is 11.5 Å². The van der Waals surface area contributed by atoms with E-state index in [9.17, 15) is 18.0 Å². The van der Waals surface area contributed by atoms with Crippen molar-refractivity contribution in [1.82, 2.24) is 9.80 Å². The first-order valence-corrected chi connectivity index (χ1v) is 12.2. The molecule has 3 atom stereocenters. The standard InChI is InChI=1S/C26H31ClF3N3O3/c1-32-12-11-25(16-5-8-21(35-3)22(13-16)36-4)10-9-18(15-23(25)32)33(2)24(34)31-17-6-7-20(27)19(14-17)26(28,29)30/h5-8,13-14,18,23H,9-12,15H2,1-4H3,(H,31,34). The molecule has 1 N–H and O–H groups in total. The number of methoxy groups -OCH3 is 2. The topological polar surface area (TPSA) is 54.0 Å². The third kappa shape index (κ3) is 4.83. The molecule has 196 valence electrons. The van der Waals surface area contributed by atoms with E-state index in [1.165, 1.54) is 11.6 Å². The number of likely N-dealkylation sites (N-methyl/N-ethyl adjacent to an activating group) is 1. The molecule has 2 aromatic rings. The fourth-order valence-electron chi connectivity index (χ4n) is 5.79. The minimum atomic E-state index is -4.60. The number of carbonyl (C=O) groups is 1. The Morgan fingerprint density at radius 1 is 1.14 bits per heavy atom. The van der Waals surface area contributed by atoms with Gasteiger partial charge in [0.2, 0.25) is 0 Å². The molecule has 1 saturated carbocycles. The van der Waals surface area contributed by atoms with Crippen molar-refractivity contribution in [3.63, 3.8) is 0 Å². The largest absolute Gasteiger partial charge is 0.493 e. The zero-order chi connectivity index (χ0) is 26.3. The Balaban J connectivity index is 1.51. The van der Waals surface area contributed by atoms with Crippen LogP contribution in [-0.2, 0) is 11.6 Å². The molecule has 10 heteroatoms. The first kappa shape index (κ1) is 26.4. The van der Waals surface area contributed by atoms with Gasteiger partial charge in [0.25, 0.3) is 0 Å². The van der Waals surface area contributed by atoms with Crippen molar-refractivity contribution >= 4 is 23.3 Å². The summed E-state index contributed by atoms with van der Waals surface area (Å²) in [5.74, 6) is 1.37. The molecule has 0 radical (unpaired) electrons. The van der Waals surface area contributed by atoms with Gasteiger partial charge in [-0.1, -0.05) is 17.7 Å². The number of hydrogen-bond acceptors (Lipinski definition) is 4. The fourth-order valence-corrected chi connectivity index (χ4v) is 6.02. The lowest BCUT2D eigenvalue weighted by Crippen LogP contribution is -2.52. The van der Waals surface area contributed by atoms with Crippen molar-refractivity contribution in [3.05, 3.63) is 52.5 Å². The molecular weight excluding hydrogens is 495 g/mol. The van der Waals surface area contributed by atoms with Crippen LogP contribution in [0.2, 0.25) is 5.02 Å². The molecule has 2 aliphatic rings. The van der Waals surface area contributed by atoms with Gasteiger partial charge < -0.3 is 24.6 Å². The third-order valence-corrected chi connectivity index (χ3v) is 8.18. The second-order valence-corrected chi connectivity index (χ2v) is 10.0. The third-order valence-electron chi connectivity index (χ3n) is 7.85. The fraction of sp³-hybridized carbons (Fsp3) is 0.500. The number of rotatable bonds is 5. The highest BCUT2D eigenvalue weighted by molar-refractivity contribution is 6.31. The van der Waals surface area contributed by atoms with Crippen LogP contribution >= 0.6 is 11.6 Å². The van der Waals surface area contributed by atoms with Gasteiger partial charge in [0.1, 0.15) is 0 Å². The number of anilines is 1. The van der Waals surface area contributed by atoms with Crippen molar-refractivity contribution < 1.29 is 27.4 Å². The highest BCUT2D eigenvalue weighted by Crippen LogP contribution is 2.50. The van der Waals surface area contributed by atoms with E-state index >= 15 is 0 Å². The van der Waals surface area contributed by atoms with Crippen LogP contribution in [0.3, 0.4) is 0 Å². The summed E-state index contributed by atoms with van der Waals surface area (Å²) in [7, 11) is 7.03. The number of halogens is 4. The molecule has 3 unspecified atom stereocenters. The van der Waals surface area contributed by atoms with Gasteiger partial charge in [-0.2, -0.15) is 13.2 Å². The SMILES string of the molecule is COc1ccc(C23CCC(N(C)C(=O)Nc4ccc(Cl)c(C(F)(F)F)c4)CC2N(C)CC3)cc1OC. The number of nitrogens with one attached hydrogen (secondary N) is 1. The Morgan fingerprint density at radius 2 is 1.86 bits per heavy atom. The lowest BCUT2D eigenvalue weighted by atomic mass is 9.65. The Hall–Kier alpha value is -2.65. The quantitative estimate of drug-likeness (QED) is 0.517. The molecule has 36 heavy (non-hydrogen) atoms. The average Bonchev–Trinajstić information content (AvgIpc) is 3.20. The molecule has 0 bridgehead atoms. The van der Waals surface area contributed by atoms with E-state index < -0.39 is 22.8 Å². The Bertz CT molecular complexity index is 1130. The maximum Gasteiger partial charge on any atom is 0.417 e. The summed E-state index contributed by atoms with van der Waals surface area (Å²) in [6.45, 7) is 0.937. The number of benzene rings is 2. The minimum absolute atomic E-state index is 0.0528. The highest BCUT2D eigenvalue weighted by atomic mass is 35.5. The number of hydrogen-bond donors (Lipinski definition) is 1. The van der Waals surface area contributed by atoms with Gasteiger partial charge in [0, 0.05) is 30.2 Å². The van der Waals surface area contributed by atoms with E-state index in [2.05, 4.69) is 29.4 Å². The van der Waals surface area contributed by atoms with Crippen LogP contribution < -0.4 is 14.8 Å². The van der Waals surface area contributed by atoms with E-state index in [1.54, 1.807) is 26.2 Å². The minimum Gasteiger partial charge on any atom is -0.493 e. The summed E-state index contributed by atoms with van der Waals surface area (Å²) in [6, 6.07) is 9.17. The smallest absolute Gasteiger partial charge is 0.417 e. The van der Waals surface area contributed by atoms with E-state index in [1.807, 2.05) is 6.07 Å². The second kappa shape index (κ2) is 10.0. The van der Waals surface area contributed by atoms with E-state index in [4.69, 9.17) is 21.1 Å². The zero-order valence-corrected chi connectivity index (χ0v) is 21.5. The highest BCUT2D eigenvalue weighted by Gasteiger charge is 2.51. The predicted octanol–water partition coefficient (Wildman–Crippen LogP) is 6.03. The van der Waals surface area contributed by atoms with Crippen molar-refractivity contribution in [2.24, 2.45) is 0 Å². The summed E-state index contributed by atoms with van der Waals surface area (Å²) < 4.78 is 50.6. The lowest BCUT2D eigenvalue weighted by Gasteiger charge is -2.46. The van der Waals surface area contributed by atoms with Gasteiger partial charge in [0.05, 0.1) is 24.8 Å². The molecule has 1 aliphatic carbocycles. The second-order valence-electron chi connectivity index (χ2n) is 9.63. The number of nitrogens with zero attached hydrogens (tertiary/aromatic N) is 2. The van der Waals surface area contributed by atoms with Crippen molar-refractivity contribution in [3.8, 4) is 11.5 Å². The molecule has 0 spiro atoms. The number of carbonyl (C=O) groups excluding carboxylic acids is 1. The van der Waals surface area contributed by atoms with Gasteiger partial charge in [0.15, 0.2) is 11.5 Å². The Labute approximate surface area is 214 Å². The van der Waals surface area contributed by atoms with Crippen molar-refractivity contribution in [1.29, 1.82) is 0 Å². The number of fused-ring (bicyclic) bond motifs is 1. The molecule has 2 fully saturated rings. The maximum atomic E-state index is 13.2. The summed E-state index contributed by atoms with van der Waals surface area (Å²) >= 11 is 5.70. The zero-order valence-electron chi connectivity index (χ0n) is 20.8. The summed E-state index contributed by atoms with van der Waals surface area (Å²) in [5.41, 5.74) is 0.201.